The number of carbonyl (C=O) groups is 5. The van der Waals surface area contributed by atoms with Gasteiger partial charge in [0.05, 0.1) is 14.2 Å². The van der Waals surface area contributed by atoms with Crippen molar-refractivity contribution < 1.29 is 38.2 Å². The van der Waals surface area contributed by atoms with Crippen LogP contribution in [0.3, 0.4) is 0 Å². The average Bonchev–Trinajstić information content (AvgIpc) is 2.91. The maximum atomic E-state index is 13.2. The van der Waals surface area contributed by atoms with Crippen molar-refractivity contribution in [3.05, 3.63) is 35.9 Å². The first-order chi connectivity index (χ1) is 18.2. The van der Waals surface area contributed by atoms with Gasteiger partial charge in [0, 0.05) is 38.8 Å². The number of nitrogens with zero attached hydrogens (tertiary/aromatic N) is 1. The molecule has 0 aliphatic heterocycles. The van der Waals surface area contributed by atoms with E-state index in [1.165, 1.54) is 19.1 Å². The second kappa shape index (κ2) is 18.8. The Hall–Kier alpha value is -3.43. The predicted octanol–water partition coefficient (Wildman–Crippen LogP) is 3.17. The van der Waals surface area contributed by atoms with Crippen molar-refractivity contribution in [1.29, 1.82) is 0 Å². The van der Waals surface area contributed by atoms with E-state index >= 15 is 0 Å². The zero-order chi connectivity index (χ0) is 28.3. The van der Waals surface area contributed by atoms with Crippen LogP contribution in [-0.2, 0) is 44.8 Å². The zero-order valence-electron chi connectivity index (χ0n) is 23.0. The molecular formula is C28H42N2O8. The van der Waals surface area contributed by atoms with Crippen molar-refractivity contribution in [3.8, 4) is 0 Å². The lowest BCUT2D eigenvalue weighted by atomic mass is 10.00. The molecule has 0 saturated heterocycles. The standard InChI is InChI=1S/C28H42N2O8/c1-21(2)19-23(28(35)29-17-9-15-26(33)37-4)30(24(31)13-8-14-25(32)36-3)18-10-16-27(34)38-20-22-11-6-5-7-12-22/h5-7,11-12,21,23H,8-10,13-20H2,1-4H3,(H,29,35). The van der Waals surface area contributed by atoms with Crippen LogP contribution < -0.4 is 5.32 Å². The van der Waals surface area contributed by atoms with Gasteiger partial charge < -0.3 is 24.4 Å². The smallest absolute Gasteiger partial charge is 0.306 e. The van der Waals surface area contributed by atoms with Crippen molar-refractivity contribution in [2.45, 2.75) is 77.9 Å². The van der Waals surface area contributed by atoms with Gasteiger partial charge in [-0.3, -0.25) is 24.0 Å². The SMILES string of the molecule is COC(=O)CCCNC(=O)C(CC(C)C)N(CCCC(=O)OCc1ccccc1)C(=O)CCCC(=O)OC. The predicted molar refractivity (Wildman–Crippen MR) is 141 cm³/mol. The van der Waals surface area contributed by atoms with Gasteiger partial charge in [0.1, 0.15) is 12.6 Å². The van der Waals surface area contributed by atoms with E-state index in [4.69, 9.17) is 4.74 Å². The lowest BCUT2D eigenvalue weighted by Crippen LogP contribution is -2.51. The highest BCUT2D eigenvalue weighted by Gasteiger charge is 2.30. The van der Waals surface area contributed by atoms with Crippen molar-refractivity contribution in [1.82, 2.24) is 10.2 Å². The second-order valence-corrected chi connectivity index (χ2v) is 9.38. The highest BCUT2D eigenvalue weighted by molar-refractivity contribution is 5.88. The third kappa shape index (κ3) is 13.8. The number of amides is 2. The molecule has 212 valence electrons. The Morgan fingerprint density at radius 1 is 0.816 bits per heavy atom. The van der Waals surface area contributed by atoms with E-state index in [1.54, 1.807) is 0 Å². The Bertz CT molecular complexity index is 888. The van der Waals surface area contributed by atoms with Crippen molar-refractivity contribution >= 4 is 29.7 Å². The number of methoxy groups -OCH3 is 2. The molecule has 1 rings (SSSR count). The van der Waals surface area contributed by atoms with Crippen molar-refractivity contribution in [2.75, 3.05) is 27.3 Å². The Morgan fingerprint density at radius 2 is 1.42 bits per heavy atom. The summed E-state index contributed by atoms with van der Waals surface area (Å²) >= 11 is 0. The Labute approximate surface area is 225 Å². The molecule has 0 aliphatic rings. The summed E-state index contributed by atoms with van der Waals surface area (Å²) in [6.07, 6.45) is 1.86. The lowest BCUT2D eigenvalue weighted by molar-refractivity contribution is -0.146. The normalized spacial score (nSPS) is 11.4. The summed E-state index contributed by atoms with van der Waals surface area (Å²) in [5.74, 6) is -1.65. The van der Waals surface area contributed by atoms with E-state index in [2.05, 4.69) is 14.8 Å². The number of carbonyl (C=O) groups excluding carboxylic acids is 5. The average molecular weight is 535 g/mol. The Balaban J connectivity index is 2.82. The maximum Gasteiger partial charge on any atom is 0.306 e. The molecule has 0 spiro atoms. The minimum atomic E-state index is -0.751. The molecule has 1 aromatic rings. The van der Waals surface area contributed by atoms with Gasteiger partial charge in [-0.05, 0) is 37.2 Å². The molecule has 1 atom stereocenters. The fraction of sp³-hybridized carbons (Fsp3) is 0.607. The molecule has 1 unspecified atom stereocenters. The largest absolute Gasteiger partial charge is 0.469 e. The van der Waals surface area contributed by atoms with Gasteiger partial charge in [-0.1, -0.05) is 44.2 Å². The quantitative estimate of drug-likeness (QED) is 0.173. The first kappa shape index (κ1) is 32.6. The maximum absolute atomic E-state index is 13.2. The topological polar surface area (TPSA) is 128 Å². The van der Waals surface area contributed by atoms with Crippen LogP contribution in [0.25, 0.3) is 0 Å². The number of esters is 3. The van der Waals surface area contributed by atoms with Crippen LogP contribution in [0.1, 0.15) is 70.8 Å². The van der Waals surface area contributed by atoms with Gasteiger partial charge in [0.15, 0.2) is 0 Å². The van der Waals surface area contributed by atoms with Gasteiger partial charge in [-0.25, -0.2) is 0 Å². The number of hydrogen-bond acceptors (Lipinski definition) is 8. The lowest BCUT2D eigenvalue weighted by Gasteiger charge is -2.32. The van der Waals surface area contributed by atoms with Crippen LogP contribution in [0, 0.1) is 5.92 Å². The summed E-state index contributed by atoms with van der Waals surface area (Å²) in [5.41, 5.74) is 0.879. The number of rotatable bonds is 18. The molecule has 38 heavy (non-hydrogen) atoms. The van der Waals surface area contributed by atoms with E-state index in [0.717, 1.165) is 5.56 Å². The minimum Gasteiger partial charge on any atom is -0.469 e. The molecule has 0 heterocycles. The molecule has 0 fully saturated rings. The van der Waals surface area contributed by atoms with Gasteiger partial charge in [0.2, 0.25) is 11.8 Å². The monoisotopic (exact) mass is 534 g/mol. The van der Waals surface area contributed by atoms with Crippen LogP contribution in [0.2, 0.25) is 0 Å². The Kier molecular flexibility index (Phi) is 16.1. The van der Waals surface area contributed by atoms with Crippen LogP contribution in [0.15, 0.2) is 30.3 Å². The molecule has 0 saturated carbocycles. The van der Waals surface area contributed by atoms with Gasteiger partial charge in [0.25, 0.3) is 0 Å². The number of benzene rings is 1. The highest BCUT2D eigenvalue weighted by Crippen LogP contribution is 2.17. The molecule has 0 bridgehead atoms. The van der Waals surface area contributed by atoms with E-state index < -0.39 is 12.0 Å². The molecule has 0 radical (unpaired) electrons. The molecule has 1 aromatic carbocycles. The van der Waals surface area contributed by atoms with Crippen LogP contribution in [0.5, 0.6) is 0 Å². The summed E-state index contributed by atoms with van der Waals surface area (Å²) in [5, 5.41) is 2.82. The van der Waals surface area contributed by atoms with E-state index in [9.17, 15) is 24.0 Å². The van der Waals surface area contributed by atoms with E-state index in [1.807, 2.05) is 44.2 Å². The molecule has 10 heteroatoms. The summed E-state index contributed by atoms with van der Waals surface area (Å²) < 4.78 is 14.6. The Morgan fingerprint density at radius 3 is 2.03 bits per heavy atom. The summed E-state index contributed by atoms with van der Waals surface area (Å²) in [6.45, 7) is 4.53. The number of ether oxygens (including phenoxy) is 3. The molecule has 2 amide bonds. The van der Waals surface area contributed by atoms with Crippen LogP contribution in [0.4, 0.5) is 0 Å². The minimum absolute atomic E-state index is 0.0672. The highest BCUT2D eigenvalue weighted by atomic mass is 16.5. The molecule has 1 N–H and O–H groups in total. The third-order valence-electron chi connectivity index (χ3n) is 5.80. The van der Waals surface area contributed by atoms with Gasteiger partial charge in [-0.2, -0.15) is 0 Å². The number of hydrogen-bond donors (Lipinski definition) is 1. The van der Waals surface area contributed by atoms with Crippen molar-refractivity contribution in [2.24, 2.45) is 5.92 Å². The zero-order valence-corrected chi connectivity index (χ0v) is 23.0. The van der Waals surface area contributed by atoms with E-state index in [-0.39, 0.29) is 81.5 Å². The molecule has 0 aliphatic carbocycles. The third-order valence-corrected chi connectivity index (χ3v) is 5.80. The van der Waals surface area contributed by atoms with Crippen LogP contribution >= 0.6 is 0 Å². The summed E-state index contributed by atoms with van der Waals surface area (Å²) in [4.78, 5) is 63.0. The van der Waals surface area contributed by atoms with Gasteiger partial charge >= 0.3 is 17.9 Å². The first-order valence-electron chi connectivity index (χ1n) is 13.1. The molecule has 10 nitrogen and oxygen atoms in total. The van der Waals surface area contributed by atoms with E-state index in [0.29, 0.717) is 19.3 Å². The van der Waals surface area contributed by atoms with Crippen LogP contribution in [-0.4, -0.2) is 68.0 Å². The van der Waals surface area contributed by atoms with Gasteiger partial charge in [-0.15, -0.1) is 0 Å². The molecule has 0 aromatic heterocycles. The first-order valence-corrected chi connectivity index (χ1v) is 13.1. The fourth-order valence-corrected chi connectivity index (χ4v) is 3.77. The molecular weight excluding hydrogens is 492 g/mol. The fourth-order valence-electron chi connectivity index (χ4n) is 3.77. The van der Waals surface area contributed by atoms with Crippen molar-refractivity contribution in [3.63, 3.8) is 0 Å². The summed E-state index contributed by atoms with van der Waals surface area (Å²) in [7, 11) is 2.59. The second-order valence-electron chi connectivity index (χ2n) is 9.38. The number of nitrogens with one attached hydrogen (secondary N) is 1. The summed E-state index contributed by atoms with van der Waals surface area (Å²) in [6, 6.07) is 8.58.